The molecule has 148 valence electrons. The van der Waals surface area contributed by atoms with E-state index in [1.807, 2.05) is 0 Å². The molecule has 0 radical (unpaired) electrons. The van der Waals surface area contributed by atoms with Crippen LogP contribution in [0.25, 0.3) is 0 Å². The molecule has 1 aromatic carbocycles. The predicted octanol–water partition coefficient (Wildman–Crippen LogP) is 2.04. The maximum atomic E-state index is 12.3. The van der Waals surface area contributed by atoms with Crippen LogP contribution in [0.15, 0.2) is 46.7 Å². The van der Waals surface area contributed by atoms with E-state index in [9.17, 15) is 14.4 Å². The Balaban J connectivity index is 1.35. The summed E-state index contributed by atoms with van der Waals surface area (Å²) in [4.78, 5) is 42.2. The van der Waals surface area contributed by atoms with Crippen molar-refractivity contribution in [1.29, 1.82) is 0 Å². The summed E-state index contributed by atoms with van der Waals surface area (Å²) in [5.41, 5.74) is 1.14. The second kappa shape index (κ2) is 8.15. The van der Waals surface area contributed by atoms with E-state index in [0.29, 0.717) is 46.8 Å². The van der Waals surface area contributed by atoms with Gasteiger partial charge in [0.05, 0.1) is 17.7 Å². The molecule has 2 amide bonds. The molecule has 3 heterocycles. The summed E-state index contributed by atoms with van der Waals surface area (Å²) in [5, 5.41) is 7.49. The van der Waals surface area contributed by atoms with Crippen LogP contribution < -0.4 is 25.7 Å². The highest BCUT2D eigenvalue weighted by molar-refractivity contribution is 7.14. The predicted molar refractivity (Wildman–Crippen MR) is 107 cm³/mol. The Bertz CT molecular complexity index is 1100. The summed E-state index contributed by atoms with van der Waals surface area (Å²) in [5.74, 6) is 0.597. The second-order valence-corrected chi connectivity index (χ2v) is 6.98. The molecular weight excluding hydrogens is 396 g/mol. The summed E-state index contributed by atoms with van der Waals surface area (Å²) >= 11 is 1.21. The molecule has 1 aliphatic heterocycles. The lowest BCUT2D eigenvalue weighted by Crippen LogP contribution is -2.17. The zero-order valence-electron chi connectivity index (χ0n) is 15.1. The Hall–Kier alpha value is -3.66. The van der Waals surface area contributed by atoms with E-state index in [1.54, 1.807) is 23.6 Å². The van der Waals surface area contributed by atoms with Gasteiger partial charge in [-0.15, -0.1) is 11.3 Å². The van der Waals surface area contributed by atoms with Crippen LogP contribution in [0.1, 0.15) is 16.1 Å². The first-order valence-corrected chi connectivity index (χ1v) is 9.59. The first-order valence-electron chi connectivity index (χ1n) is 8.71. The van der Waals surface area contributed by atoms with Gasteiger partial charge in [-0.2, -0.15) is 0 Å². The van der Waals surface area contributed by atoms with Gasteiger partial charge in [-0.25, -0.2) is 4.98 Å². The largest absolute Gasteiger partial charge is 0.486 e. The van der Waals surface area contributed by atoms with E-state index in [4.69, 9.17) is 9.47 Å². The number of carbonyl (C=O) groups is 2. The Kier molecular flexibility index (Phi) is 5.25. The summed E-state index contributed by atoms with van der Waals surface area (Å²) < 4.78 is 11.0. The lowest BCUT2D eigenvalue weighted by atomic mass is 10.2. The average Bonchev–Trinajstić information content (AvgIpc) is 3.14. The van der Waals surface area contributed by atoms with Crippen LogP contribution in [-0.4, -0.2) is 35.0 Å². The number of pyridine rings is 1. The number of thiazole rings is 1. The molecule has 0 atom stereocenters. The minimum atomic E-state index is -0.400. The van der Waals surface area contributed by atoms with Crippen LogP contribution in [0, 0.1) is 0 Å². The molecule has 0 aliphatic carbocycles. The summed E-state index contributed by atoms with van der Waals surface area (Å²) in [7, 11) is 0. The third-order valence-electron chi connectivity index (χ3n) is 3.99. The molecule has 2 aromatic heterocycles. The molecule has 3 N–H and O–H groups in total. The zero-order valence-corrected chi connectivity index (χ0v) is 15.9. The van der Waals surface area contributed by atoms with Crippen molar-refractivity contribution in [3.05, 3.63) is 63.5 Å². The van der Waals surface area contributed by atoms with Gasteiger partial charge < -0.3 is 19.8 Å². The number of carbonyl (C=O) groups excluding carboxylic acids is 2. The molecule has 4 rings (SSSR count). The van der Waals surface area contributed by atoms with E-state index >= 15 is 0 Å². The smallest absolute Gasteiger partial charge is 0.258 e. The molecule has 29 heavy (non-hydrogen) atoms. The Morgan fingerprint density at radius 1 is 1.10 bits per heavy atom. The maximum Gasteiger partial charge on any atom is 0.258 e. The minimum absolute atomic E-state index is 0.0550. The Morgan fingerprint density at radius 3 is 2.72 bits per heavy atom. The van der Waals surface area contributed by atoms with Crippen LogP contribution >= 0.6 is 11.3 Å². The second-order valence-electron chi connectivity index (χ2n) is 6.12. The maximum absolute atomic E-state index is 12.3. The Labute approximate surface area is 168 Å². The lowest BCUT2D eigenvalue weighted by molar-refractivity contribution is -0.115. The van der Waals surface area contributed by atoms with Gasteiger partial charge in [0.2, 0.25) is 11.5 Å². The number of hydrogen-bond donors (Lipinski definition) is 3. The van der Waals surface area contributed by atoms with Gasteiger partial charge in [-0.1, -0.05) is 0 Å². The monoisotopic (exact) mass is 412 g/mol. The third-order valence-corrected chi connectivity index (χ3v) is 4.79. The van der Waals surface area contributed by atoms with Crippen LogP contribution in [0.2, 0.25) is 0 Å². The molecule has 9 nitrogen and oxygen atoms in total. The van der Waals surface area contributed by atoms with E-state index in [0.717, 1.165) is 0 Å². The first kappa shape index (κ1) is 18.7. The number of nitrogens with zero attached hydrogens (tertiary/aromatic N) is 1. The number of anilines is 2. The van der Waals surface area contributed by atoms with Crippen LogP contribution in [0.4, 0.5) is 10.8 Å². The van der Waals surface area contributed by atoms with Crippen molar-refractivity contribution in [3.8, 4) is 11.5 Å². The number of aromatic amines is 1. The van der Waals surface area contributed by atoms with Crippen LogP contribution in [0.3, 0.4) is 0 Å². The molecule has 0 saturated carbocycles. The first-order chi connectivity index (χ1) is 14.1. The standard InChI is InChI=1S/C19H16N4O5S/c24-16-4-1-11(9-20-16)18(26)23-19-22-13(10-29-19)8-17(25)21-12-2-3-14-15(7-12)28-6-5-27-14/h1-4,7,9-10H,5-6,8H2,(H,20,24)(H,21,25)(H,22,23,26). The molecule has 0 unspecified atom stereocenters. The van der Waals surface area contributed by atoms with E-state index in [1.165, 1.54) is 29.7 Å². The molecule has 1 aliphatic rings. The van der Waals surface area contributed by atoms with Gasteiger partial charge in [-0.05, 0) is 18.2 Å². The van der Waals surface area contributed by atoms with E-state index in [2.05, 4.69) is 20.6 Å². The number of ether oxygens (including phenoxy) is 2. The molecular formula is C19H16N4O5S. The van der Waals surface area contributed by atoms with E-state index in [-0.39, 0.29) is 17.9 Å². The number of hydrogen-bond acceptors (Lipinski definition) is 7. The number of rotatable bonds is 5. The van der Waals surface area contributed by atoms with Gasteiger partial charge in [0, 0.05) is 29.4 Å². The topological polar surface area (TPSA) is 122 Å². The van der Waals surface area contributed by atoms with Crippen molar-refractivity contribution in [2.45, 2.75) is 6.42 Å². The highest BCUT2D eigenvalue weighted by Crippen LogP contribution is 2.32. The van der Waals surface area contributed by atoms with Crippen molar-refractivity contribution in [2.24, 2.45) is 0 Å². The fourth-order valence-corrected chi connectivity index (χ4v) is 3.36. The van der Waals surface area contributed by atoms with E-state index < -0.39 is 5.91 Å². The van der Waals surface area contributed by atoms with Crippen molar-refractivity contribution in [3.63, 3.8) is 0 Å². The van der Waals surface area contributed by atoms with Crippen LogP contribution in [-0.2, 0) is 11.2 Å². The summed E-state index contributed by atoms with van der Waals surface area (Å²) in [6.45, 7) is 0.973. The van der Waals surface area contributed by atoms with Gasteiger partial charge >= 0.3 is 0 Å². The SMILES string of the molecule is O=C(Cc1csc(NC(=O)c2ccc(=O)[nH]c2)n1)Nc1ccc2c(c1)OCCO2. The normalized spacial score (nSPS) is 12.3. The Morgan fingerprint density at radius 2 is 1.93 bits per heavy atom. The highest BCUT2D eigenvalue weighted by atomic mass is 32.1. The number of nitrogens with one attached hydrogen (secondary N) is 3. The van der Waals surface area contributed by atoms with Crippen molar-refractivity contribution < 1.29 is 19.1 Å². The number of fused-ring (bicyclic) bond motifs is 1. The summed E-state index contributed by atoms with van der Waals surface area (Å²) in [6.07, 6.45) is 1.38. The number of H-pyrrole nitrogens is 1. The molecule has 10 heteroatoms. The van der Waals surface area contributed by atoms with Crippen LogP contribution in [0.5, 0.6) is 11.5 Å². The fraction of sp³-hybridized carbons (Fsp3) is 0.158. The van der Waals surface area contributed by atoms with Crippen molar-refractivity contribution >= 4 is 34.0 Å². The summed E-state index contributed by atoms with van der Waals surface area (Å²) in [6, 6.07) is 7.89. The zero-order chi connectivity index (χ0) is 20.2. The molecule has 0 bridgehead atoms. The molecule has 3 aromatic rings. The van der Waals surface area contributed by atoms with Gasteiger partial charge in [0.1, 0.15) is 13.2 Å². The van der Waals surface area contributed by atoms with Crippen molar-refractivity contribution in [1.82, 2.24) is 9.97 Å². The lowest BCUT2D eigenvalue weighted by Gasteiger charge is -2.18. The highest BCUT2D eigenvalue weighted by Gasteiger charge is 2.14. The van der Waals surface area contributed by atoms with Gasteiger partial charge in [0.25, 0.3) is 5.91 Å². The molecule has 0 saturated heterocycles. The number of amides is 2. The number of aromatic nitrogens is 2. The quantitative estimate of drug-likeness (QED) is 0.589. The van der Waals surface area contributed by atoms with Crippen molar-refractivity contribution in [2.75, 3.05) is 23.8 Å². The van der Waals surface area contributed by atoms with Gasteiger partial charge in [0.15, 0.2) is 16.6 Å². The number of benzene rings is 1. The molecule has 0 spiro atoms. The third kappa shape index (κ3) is 4.61. The minimum Gasteiger partial charge on any atom is -0.486 e. The average molecular weight is 412 g/mol. The fourth-order valence-electron chi connectivity index (χ4n) is 2.66. The molecule has 0 fully saturated rings. The van der Waals surface area contributed by atoms with Gasteiger partial charge in [-0.3, -0.25) is 19.7 Å².